The van der Waals surface area contributed by atoms with Gasteiger partial charge < -0.3 is 10.8 Å². The molecule has 0 radical (unpaired) electrons. The van der Waals surface area contributed by atoms with Crippen molar-refractivity contribution < 1.29 is 5.11 Å². The maximum absolute atomic E-state index is 10.6. The van der Waals surface area contributed by atoms with Crippen molar-refractivity contribution in [2.45, 2.75) is 63.9 Å². The van der Waals surface area contributed by atoms with Gasteiger partial charge in [0, 0.05) is 12.0 Å². The fraction of sp³-hybridized carbons (Fsp3) is 1.00. The van der Waals surface area contributed by atoms with Crippen LogP contribution in [0.5, 0.6) is 0 Å². The Labute approximate surface area is 93.2 Å². The summed E-state index contributed by atoms with van der Waals surface area (Å²) in [5, 5.41) is 10.6. The van der Waals surface area contributed by atoms with Gasteiger partial charge in [0.1, 0.15) is 0 Å². The first kappa shape index (κ1) is 11.4. The lowest BCUT2D eigenvalue weighted by atomic mass is 9.54. The first-order valence-corrected chi connectivity index (χ1v) is 6.58. The van der Waals surface area contributed by atoms with Crippen molar-refractivity contribution in [1.29, 1.82) is 0 Å². The van der Waals surface area contributed by atoms with Gasteiger partial charge in [0.25, 0.3) is 0 Å². The fourth-order valence-corrected chi connectivity index (χ4v) is 3.54. The predicted octanol–water partition coefficient (Wildman–Crippen LogP) is 2.45. The molecular weight excluding hydrogens is 186 g/mol. The molecule has 2 saturated carbocycles. The van der Waals surface area contributed by atoms with E-state index in [4.69, 9.17) is 5.73 Å². The lowest BCUT2D eigenvalue weighted by Gasteiger charge is -2.55. The van der Waals surface area contributed by atoms with Gasteiger partial charge in [-0.05, 0) is 50.9 Å². The molecule has 0 heterocycles. The van der Waals surface area contributed by atoms with Gasteiger partial charge in [0.15, 0.2) is 0 Å². The Hall–Kier alpha value is -0.0800. The van der Waals surface area contributed by atoms with Crippen LogP contribution in [-0.4, -0.2) is 17.3 Å². The monoisotopic (exact) mass is 211 g/mol. The summed E-state index contributed by atoms with van der Waals surface area (Å²) in [6, 6.07) is 0. The van der Waals surface area contributed by atoms with E-state index in [1.54, 1.807) is 0 Å². The van der Waals surface area contributed by atoms with Gasteiger partial charge in [-0.15, -0.1) is 0 Å². The molecule has 0 atom stereocenters. The SMILES string of the molecule is CCC1CCC(CN)(C2(O)CCC2)CC1. The lowest BCUT2D eigenvalue weighted by molar-refractivity contribution is -0.154. The summed E-state index contributed by atoms with van der Waals surface area (Å²) < 4.78 is 0. The number of rotatable bonds is 3. The summed E-state index contributed by atoms with van der Waals surface area (Å²) >= 11 is 0. The Morgan fingerprint density at radius 2 is 1.80 bits per heavy atom. The van der Waals surface area contributed by atoms with E-state index < -0.39 is 5.60 Å². The molecule has 2 heteroatoms. The second-order valence-electron chi connectivity index (χ2n) is 5.72. The Balaban J connectivity index is 2.04. The minimum atomic E-state index is -0.402. The molecule has 0 aliphatic heterocycles. The van der Waals surface area contributed by atoms with Gasteiger partial charge in [0.2, 0.25) is 0 Å². The maximum Gasteiger partial charge on any atom is 0.0715 e. The van der Waals surface area contributed by atoms with Crippen LogP contribution in [0.1, 0.15) is 58.3 Å². The smallest absolute Gasteiger partial charge is 0.0715 e. The molecule has 0 saturated heterocycles. The zero-order chi connectivity index (χ0) is 10.9. The molecule has 0 amide bonds. The van der Waals surface area contributed by atoms with Crippen molar-refractivity contribution in [3.63, 3.8) is 0 Å². The summed E-state index contributed by atoms with van der Waals surface area (Å²) in [6.07, 6.45) is 9.31. The first-order valence-electron chi connectivity index (χ1n) is 6.58. The normalized spacial score (nSPS) is 39.8. The Morgan fingerprint density at radius 3 is 2.13 bits per heavy atom. The van der Waals surface area contributed by atoms with Crippen LogP contribution < -0.4 is 5.73 Å². The Kier molecular flexibility index (Phi) is 3.09. The van der Waals surface area contributed by atoms with E-state index in [-0.39, 0.29) is 5.41 Å². The zero-order valence-electron chi connectivity index (χ0n) is 9.97. The predicted molar refractivity (Wildman–Crippen MR) is 62.5 cm³/mol. The molecule has 0 aromatic carbocycles. The highest BCUT2D eigenvalue weighted by Crippen LogP contribution is 2.54. The lowest BCUT2D eigenvalue weighted by Crippen LogP contribution is -2.58. The molecule has 2 rings (SSSR count). The summed E-state index contributed by atoms with van der Waals surface area (Å²) in [7, 11) is 0. The number of nitrogens with two attached hydrogens (primary N) is 1. The summed E-state index contributed by atoms with van der Waals surface area (Å²) in [4.78, 5) is 0. The highest BCUT2D eigenvalue weighted by atomic mass is 16.3. The number of hydrogen-bond acceptors (Lipinski definition) is 2. The Bertz CT molecular complexity index is 215. The van der Waals surface area contributed by atoms with Gasteiger partial charge in [-0.25, -0.2) is 0 Å². The third kappa shape index (κ3) is 1.72. The molecular formula is C13H25NO. The van der Waals surface area contributed by atoms with E-state index in [0.717, 1.165) is 31.6 Å². The first-order chi connectivity index (χ1) is 7.16. The molecule has 2 fully saturated rings. The van der Waals surface area contributed by atoms with Crippen molar-refractivity contribution in [3.8, 4) is 0 Å². The molecule has 15 heavy (non-hydrogen) atoms. The third-order valence-corrected chi connectivity index (χ3v) is 5.20. The van der Waals surface area contributed by atoms with E-state index in [2.05, 4.69) is 6.92 Å². The molecule has 88 valence electrons. The topological polar surface area (TPSA) is 46.2 Å². The van der Waals surface area contributed by atoms with Gasteiger partial charge in [-0.3, -0.25) is 0 Å². The maximum atomic E-state index is 10.6. The summed E-state index contributed by atoms with van der Waals surface area (Å²) in [5.74, 6) is 0.883. The largest absolute Gasteiger partial charge is 0.389 e. The molecule has 0 spiro atoms. The van der Waals surface area contributed by atoms with Crippen molar-refractivity contribution in [3.05, 3.63) is 0 Å². The number of aliphatic hydroxyl groups is 1. The molecule has 2 nitrogen and oxygen atoms in total. The molecule has 0 unspecified atom stereocenters. The van der Waals surface area contributed by atoms with Crippen LogP contribution in [0, 0.1) is 11.3 Å². The second kappa shape index (κ2) is 4.06. The number of hydrogen-bond donors (Lipinski definition) is 2. The van der Waals surface area contributed by atoms with Gasteiger partial charge in [-0.2, -0.15) is 0 Å². The molecule has 3 N–H and O–H groups in total. The molecule has 0 bridgehead atoms. The molecule has 2 aliphatic rings. The van der Waals surface area contributed by atoms with Crippen LogP contribution in [0.3, 0.4) is 0 Å². The van der Waals surface area contributed by atoms with Crippen molar-refractivity contribution in [2.75, 3.05) is 6.54 Å². The van der Waals surface area contributed by atoms with Crippen LogP contribution >= 0.6 is 0 Å². The van der Waals surface area contributed by atoms with Crippen LogP contribution in [0.25, 0.3) is 0 Å². The standard InChI is InChI=1S/C13H25NO/c1-2-11-4-8-12(10-14,9-5-11)13(15)6-3-7-13/h11,15H,2-10,14H2,1H3. The Morgan fingerprint density at radius 1 is 1.20 bits per heavy atom. The average Bonchev–Trinajstić information content (AvgIpc) is 2.26. The third-order valence-electron chi connectivity index (χ3n) is 5.20. The quantitative estimate of drug-likeness (QED) is 0.753. The van der Waals surface area contributed by atoms with Crippen molar-refractivity contribution in [1.82, 2.24) is 0 Å². The van der Waals surface area contributed by atoms with Crippen molar-refractivity contribution in [2.24, 2.45) is 17.1 Å². The van der Waals surface area contributed by atoms with E-state index in [1.807, 2.05) is 0 Å². The van der Waals surface area contributed by atoms with Crippen LogP contribution in [0.4, 0.5) is 0 Å². The van der Waals surface area contributed by atoms with Gasteiger partial charge >= 0.3 is 0 Å². The van der Waals surface area contributed by atoms with E-state index in [9.17, 15) is 5.11 Å². The van der Waals surface area contributed by atoms with Crippen molar-refractivity contribution >= 4 is 0 Å². The van der Waals surface area contributed by atoms with Crippen LogP contribution in [0.15, 0.2) is 0 Å². The second-order valence-corrected chi connectivity index (χ2v) is 5.72. The van der Waals surface area contributed by atoms with Gasteiger partial charge in [-0.1, -0.05) is 13.3 Å². The minimum Gasteiger partial charge on any atom is -0.389 e. The van der Waals surface area contributed by atoms with Gasteiger partial charge in [0.05, 0.1) is 5.60 Å². The molecule has 0 aromatic heterocycles. The van der Waals surface area contributed by atoms with Crippen LogP contribution in [0.2, 0.25) is 0 Å². The summed E-state index contributed by atoms with van der Waals surface area (Å²) in [6.45, 7) is 2.96. The average molecular weight is 211 g/mol. The summed E-state index contributed by atoms with van der Waals surface area (Å²) in [5.41, 5.74) is 5.62. The van der Waals surface area contributed by atoms with E-state index in [0.29, 0.717) is 6.54 Å². The molecule has 0 aromatic rings. The molecule has 2 aliphatic carbocycles. The van der Waals surface area contributed by atoms with E-state index >= 15 is 0 Å². The fourth-order valence-electron chi connectivity index (χ4n) is 3.54. The van der Waals surface area contributed by atoms with Crippen LogP contribution in [-0.2, 0) is 0 Å². The highest BCUT2D eigenvalue weighted by molar-refractivity contribution is 5.06. The zero-order valence-corrected chi connectivity index (χ0v) is 9.97. The van der Waals surface area contributed by atoms with E-state index in [1.165, 1.54) is 25.7 Å². The minimum absolute atomic E-state index is 0.0664. The highest BCUT2D eigenvalue weighted by Gasteiger charge is 2.53.